The fraction of sp³-hybridized carbons (Fsp3) is 0.0769. The van der Waals surface area contributed by atoms with Crippen molar-refractivity contribution in [1.82, 2.24) is 4.98 Å². The zero-order valence-corrected chi connectivity index (χ0v) is 10.0. The number of nitrogen functional groups attached to an aromatic ring is 1. The van der Waals surface area contributed by atoms with Crippen LogP contribution in [0, 0.1) is 30.1 Å². The molecule has 17 heavy (non-hydrogen) atoms. The van der Waals surface area contributed by atoms with Crippen LogP contribution < -0.4 is 5.73 Å². The molecule has 4 heteroatoms. The summed E-state index contributed by atoms with van der Waals surface area (Å²) in [6.45, 7) is 1.99. The molecule has 0 fully saturated rings. The number of nitrogens with zero attached hydrogens (tertiary/aromatic N) is 2. The van der Waals surface area contributed by atoms with Gasteiger partial charge in [0.2, 0.25) is 0 Å². The number of nitriles is 1. The van der Waals surface area contributed by atoms with Crippen LogP contribution in [0.25, 0.3) is 11.3 Å². The Morgan fingerprint density at radius 1 is 1.29 bits per heavy atom. The fourth-order valence-corrected chi connectivity index (χ4v) is 2.21. The van der Waals surface area contributed by atoms with Gasteiger partial charge in [0.25, 0.3) is 0 Å². The summed E-state index contributed by atoms with van der Waals surface area (Å²) in [5.41, 5.74) is 8.40. The Labute approximate surface area is 104 Å². The zero-order chi connectivity index (χ0) is 12.3. The average Bonchev–Trinajstić information content (AvgIpc) is 2.66. The summed E-state index contributed by atoms with van der Waals surface area (Å²) in [6, 6.07) is 9.39. The van der Waals surface area contributed by atoms with Gasteiger partial charge in [-0.2, -0.15) is 5.26 Å². The van der Waals surface area contributed by atoms with Gasteiger partial charge in [-0.3, -0.25) is 0 Å². The Hall–Kier alpha value is -2.30. The van der Waals surface area contributed by atoms with Gasteiger partial charge in [0, 0.05) is 21.9 Å². The summed E-state index contributed by atoms with van der Waals surface area (Å²) in [4.78, 5) is 5.38. The third kappa shape index (κ3) is 2.44. The molecule has 2 N–H and O–H groups in total. The van der Waals surface area contributed by atoms with Gasteiger partial charge in [0.15, 0.2) is 11.2 Å². The van der Waals surface area contributed by atoms with Crippen LogP contribution in [-0.4, -0.2) is 4.98 Å². The number of rotatable bonds is 1. The minimum absolute atomic E-state index is 0.575. The number of nitrogens with two attached hydrogens (primary N) is 1. The molecule has 0 unspecified atom stereocenters. The van der Waals surface area contributed by atoms with E-state index in [1.54, 1.807) is 6.07 Å². The molecule has 0 radical (unpaired) electrons. The summed E-state index contributed by atoms with van der Waals surface area (Å²) in [5, 5.41) is 8.93. The summed E-state index contributed by atoms with van der Waals surface area (Å²) in [7, 11) is 0. The summed E-state index contributed by atoms with van der Waals surface area (Å²) < 4.78 is 0. The molecule has 0 atom stereocenters. The van der Waals surface area contributed by atoms with Crippen LogP contribution in [0.3, 0.4) is 0 Å². The van der Waals surface area contributed by atoms with Gasteiger partial charge in [0.1, 0.15) is 0 Å². The molecule has 1 heterocycles. The van der Waals surface area contributed by atoms with E-state index in [9.17, 15) is 0 Å². The van der Waals surface area contributed by atoms with E-state index in [1.165, 1.54) is 11.3 Å². The highest BCUT2D eigenvalue weighted by Crippen LogP contribution is 2.28. The first kappa shape index (κ1) is 11.2. The van der Waals surface area contributed by atoms with Crippen molar-refractivity contribution in [2.75, 3.05) is 5.73 Å². The summed E-state index contributed by atoms with van der Waals surface area (Å²) in [5.74, 6) is 5.10. The normalized spacial score (nSPS) is 9.18. The van der Waals surface area contributed by atoms with E-state index in [4.69, 9.17) is 11.0 Å². The van der Waals surface area contributed by atoms with Gasteiger partial charge in [-0.25, -0.2) is 4.98 Å². The van der Waals surface area contributed by atoms with Crippen molar-refractivity contribution >= 4 is 16.5 Å². The van der Waals surface area contributed by atoms with E-state index in [2.05, 4.69) is 16.8 Å². The lowest BCUT2D eigenvalue weighted by molar-refractivity contribution is 1.38. The molecular weight excluding hydrogens is 230 g/mol. The maximum absolute atomic E-state index is 8.35. The molecule has 0 spiro atoms. The number of anilines is 1. The molecule has 2 rings (SSSR count). The Kier molecular flexibility index (Phi) is 3.09. The minimum atomic E-state index is 0.575. The standard InChI is InChI=1S/C13H9N3S/c1-9-12(16-13(15)17-9)11-6-4-10(5-7-11)3-2-8-14/h4-7H,1H3,(H2,15,16). The smallest absolute Gasteiger partial charge is 0.180 e. The Morgan fingerprint density at radius 3 is 2.53 bits per heavy atom. The lowest BCUT2D eigenvalue weighted by Gasteiger charge is -1.98. The first-order valence-electron chi connectivity index (χ1n) is 4.94. The van der Waals surface area contributed by atoms with E-state index < -0.39 is 0 Å². The molecule has 82 valence electrons. The zero-order valence-electron chi connectivity index (χ0n) is 9.19. The number of hydrogen-bond donors (Lipinski definition) is 1. The quantitative estimate of drug-likeness (QED) is 0.778. The topological polar surface area (TPSA) is 62.7 Å². The molecule has 3 nitrogen and oxygen atoms in total. The maximum atomic E-state index is 8.35. The molecule has 2 aromatic rings. The van der Waals surface area contributed by atoms with E-state index in [-0.39, 0.29) is 0 Å². The van der Waals surface area contributed by atoms with Crippen LogP contribution in [0.2, 0.25) is 0 Å². The van der Waals surface area contributed by atoms with Crippen LogP contribution in [-0.2, 0) is 0 Å². The van der Waals surface area contributed by atoms with Crippen molar-refractivity contribution in [3.8, 4) is 29.2 Å². The lowest BCUT2D eigenvalue weighted by atomic mass is 10.1. The highest BCUT2D eigenvalue weighted by Gasteiger charge is 2.07. The molecule has 0 amide bonds. The molecule has 0 saturated heterocycles. The molecule has 0 aliphatic heterocycles. The van der Waals surface area contributed by atoms with Gasteiger partial charge in [0.05, 0.1) is 5.69 Å². The van der Waals surface area contributed by atoms with E-state index in [0.717, 1.165) is 21.7 Å². The summed E-state index contributed by atoms with van der Waals surface area (Å²) in [6.07, 6.45) is 0. The van der Waals surface area contributed by atoms with Crippen LogP contribution in [0.4, 0.5) is 5.13 Å². The van der Waals surface area contributed by atoms with Gasteiger partial charge < -0.3 is 5.73 Å². The van der Waals surface area contributed by atoms with Gasteiger partial charge in [-0.1, -0.05) is 18.1 Å². The van der Waals surface area contributed by atoms with Crippen molar-refractivity contribution < 1.29 is 0 Å². The number of aryl methyl sites for hydroxylation is 1. The van der Waals surface area contributed by atoms with Crippen molar-refractivity contribution in [2.45, 2.75) is 6.92 Å². The number of thiazole rings is 1. The van der Waals surface area contributed by atoms with Crippen molar-refractivity contribution in [3.05, 3.63) is 34.7 Å². The minimum Gasteiger partial charge on any atom is -0.375 e. The van der Waals surface area contributed by atoms with E-state index in [0.29, 0.717) is 5.13 Å². The fourth-order valence-electron chi connectivity index (χ4n) is 1.50. The van der Waals surface area contributed by atoms with Gasteiger partial charge in [-0.15, -0.1) is 11.3 Å². The summed E-state index contributed by atoms with van der Waals surface area (Å²) >= 11 is 1.48. The second-order valence-corrected chi connectivity index (χ2v) is 4.63. The first-order chi connectivity index (χ1) is 8.20. The van der Waals surface area contributed by atoms with Crippen LogP contribution in [0.15, 0.2) is 24.3 Å². The molecule has 1 aromatic heterocycles. The van der Waals surface area contributed by atoms with Crippen molar-refractivity contribution in [2.24, 2.45) is 0 Å². The van der Waals surface area contributed by atoms with Gasteiger partial charge in [-0.05, 0) is 19.1 Å². The first-order valence-corrected chi connectivity index (χ1v) is 5.76. The number of benzene rings is 1. The van der Waals surface area contributed by atoms with Crippen LogP contribution >= 0.6 is 11.3 Å². The van der Waals surface area contributed by atoms with Gasteiger partial charge >= 0.3 is 0 Å². The van der Waals surface area contributed by atoms with Crippen molar-refractivity contribution in [3.63, 3.8) is 0 Å². The Bertz CT molecular complexity index is 636. The SMILES string of the molecule is Cc1sc(N)nc1-c1ccc(C#CC#N)cc1. The number of hydrogen-bond acceptors (Lipinski definition) is 4. The average molecular weight is 239 g/mol. The largest absolute Gasteiger partial charge is 0.375 e. The maximum Gasteiger partial charge on any atom is 0.180 e. The van der Waals surface area contributed by atoms with E-state index in [1.807, 2.05) is 31.2 Å². The molecule has 0 aliphatic carbocycles. The molecule has 0 saturated carbocycles. The predicted molar refractivity (Wildman–Crippen MR) is 69.2 cm³/mol. The van der Waals surface area contributed by atoms with Crippen LogP contribution in [0.5, 0.6) is 0 Å². The van der Waals surface area contributed by atoms with E-state index >= 15 is 0 Å². The lowest BCUT2D eigenvalue weighted by Crippen LogP contribution is -1.84. The third-order valence-corrected chi connectivity index (χ3v) is 3.03. The highest BCUT2D eigenvalue weighted by molar-refractivity contribution is 7.15. The second kappa shape index (κ2) is 4.69. The second-order valence-electron chi connectivity index (χ2n) is 3.40. The predicted octanol–water partition coefficient (Wildman–Crippen LogP) is 2.58. The number of aromatic nitrogens is 1. The Morgan fingerprint density at radius 2 is 2.00 bits per heavy atom. The van der Waals surface area contributed by atoms with Crippen molar-refractivity contribution in [1.29, 1.82) is 5.26 Å². The van der Waals surface area contributed by atoms with Crippen LogP contribution in [0.1, 0.15) is 10.4 Å². The Balaban J connectivity index is 2.36. The molecular formula is C13H9N3S. The molecule has 0 aliphatic rings. The molecule has 0 bridgehead atoms. The third-order valence-electron chi connectivity index (χ3n) is 2.23. The molecule has 1 aromatic carbocycles. The highest BCUT2D eigenvalue weighted by atomic mass is 32.1. The monoisotopic (exact) mass is 239 g/mol.